The Hall–Kier alpha value is -1.85. The molecule has 0 spiro atoms. The van der Waals surface area contributed by atoms with E-state index in [4.69, 9.17) is 23.2 Å². The normalized spacial score (nSPS) is 11.0. The van der Waals surface area contributed by atoms with Gasteiger partial charge in [-0.05, 0) is 32.0 Å². The Balaban J connectivity index is 1.94. The number of benzene rings is 1. The van der Waals surface area contributed by atoms with Gasteiger partial charge in [0.25, 0.3) is 5.91 Å². The fraction of sp³-hybridized carbons (Fsp3) is 0.214. The molecule has 1 amide bonds. The molecular weight excluding hydrogens is 311 g/mol. The van der Waals surface area contributed by atoms with Gasteiger partial charge >= 0.3 is 0 Å². The number of nitrogens with one attached hydrogen (secondary N) is 1. The van der Waals surface area contributed by atoms with Crippen LogP contribution in [0.2, 0.25) is 10.0 Å². The van der Waals surface area contributed by atoms with Gasteiger partial charge in [0.15, 0.2) is 0 Å². The lowest BCUT2D eigenvalue weighted by Crippen LogP contribution is -2.24. The number of aryl methyl sites for hydroxylation is 2. The number of carbonyl (C=O) groups excluding carboxylic acids is 1. The smallest absolute Gasteiger partial charge is 0.261 e. The second-order valence-electron chi connectivity index (χ2n) is 4.54. The zero-order valence-corrected chi connectivity index (χ0v) is 13.1. The first-order valence-electron chi connectivity index (χ1n) is 6.23. The fourth-order valence-corrected chi connectivity index (χ4v) is 2.24. The molecule has 0 fully saturated rings. The SMILES string of the molecule is Cc1cc(C)n(CC(=O)N/N=C\c2ccc(Cl)cc2Cl)n1. The molecule has 1 aromatic carbocycles. The Morgan fingerprint density at radius 1 is 1.38 bits per heavy atom. The van der Waals surface area contributed by atoms with E-state index in [-0.39, 0.29) is 12.5 Å². The van der Waals surface area contributed by atoms with E-state index >= 15 is 0 Å². The predicted octanol–water partition coefficient (Wildman–Crippen LogP) is 2.96. The van der Waals surface area contributed by atoms with Crippen molar-refractivity contribution in [3.8, 4) is 0 Å². The van der Waals surface area contributed by atoms with Crippen molar-refractivity contribution in [1.82, 2.24) is 15.2 Å². The zero-order valence-electron chi connectivity index (χ0n) is 11.6. The van der Waals surface area contributed by atoms with Crippen molar-refractivity contribution >= 4 is 35.3 Å². The summed E-state index contributed by atoms with van der Waals surface area (Å²) >= 11 is 11.8. The van der Waals surface area contributed by atoms with Gasteiger partial charge in [-0.15, -0.1) is 0 Å². The largest absolute Gasteiger partial charge is 0.271 e. The fourth-order valence-electron chi connectivity index (χ4n) is 1.79. The molecule has 0 atom stereocenters. The highest BCUT2D eigenvalue weighted by Crippen LogP contribution is 2.19. The minimum Gasteiger partial charge on any atom is -0.271 e. The molecule has 0 unspecified atom stereocenters. The summed E-state index contributed by atoms with van der Waals surface area (Å²) in [5.74, 6) is -0.262. The number of nitrogens with zero attached hydrogens (tertiary/aromatic N) is 3. The molecule has 0 radical (unpaired) electrons. The number of hydrogen-bond acceptors (Lipinski definition) is 3. The monoisotopic (exact) mass is 324 g/mol. The maximum atomic E-state index is 11.8. The van der Waals surface area contributed by atoms with Gasteiger partial charge in [-0.3, -0.25) is 9.48 Å². The molecule has 2 aromatic rings. The summed E-state index contributed by atoms with van der Waals surface area (Å²) in [6.07, 6.45) is 1.47. The Kier molecular flexibility index (Phi) is 4.98. The van der Waals surface area contributed by atoms with Crippen LogP contribution in [-0.4, -0.2) is 21.9 Å². The van der Waals surface area contributed by atoms with Crippen molar-refractivity contribution in [1.29, 1.82) is 0 Å². The van der Waals surface area contributed by atoms with E-state index in [0.717, 1.165) is 11.4 Å². The van der Waals surface area contributed by atoms with E-state index < -0.39 is 0 Å². The summed E-state index contributed by atoms with van der Waals surface area (Å²) in [5, 5.41) is 9.10. The molecular formula is C14H14Cl2N4O. The average molecular weight is 325 g/mol. The predicted molar refractivity (Wildman–Crippen MR) is 83.9 cm³/mol. The van der Waals surface area contributed by atoms with Crippen LogP contribution >= 0.6 is 23.2 Å². The lowest BCUT2D eigenvalue weighted by Gasteiger charge is -2.03. The number of halogens is 2. The molecule has 0 aliphatic rings. The van der Waals surface area contributed by atoms with Crippen LogP contribution in [0.1, 0.15) is 17.0 Å². The van der Waals surface area contributed by atoms with Crippen LogP contribution < -0.4 is 5.43 Å². The number of hydrogen-bond donors (Lipinski definition) is 1. The molecule has 2 rings (SSSR count). The summed E-state index contributed by atoms with van der Waals surface area (Å²) in [7, 11) is 0. The third-order valence-corrected chi connectivity index (χ3v) is 3.31. The Labute approximate surface area is 132 Å². The molecule has 1 aromatic heterocycles. The van der Waals surface area contributed by atoms with Crippen molar-refractivity contribution in [2.24, 2.45) is 5.10 Å². The molecule has 110 valence electrons. The highest BCUT2D eigenvalue weighted by Gasteiger charge is 2.06. The first kappa shape index (κ1) is 15.5. The third-order valence-electron chi connectivity index (χ3n) is 2.75. The van der Waals surface area contributed by atoms with Gasteiger partial charge < -0.3 is 0 Å². The number of carbonyl (C=O) groups is 1. The first-order chi connectivity index (χ1) is 9.95. The molecule has 0 bridgehead atoms. The van der Waals surface area contributed by atoms with Gasteiger partial charge in [-0.1, -0.05) is 29.3 Å². The minimum atomic E-state index is -0.262. The average Bonchev–Trinajstić information content (AvgIpc) is 2.70. The van der Waals surface area contributed by atoms with Crippen LogP contribution in [-0.2, 0) is 11.3 Å². The highest BCUT2D eigenvalue weighted by atomic mass is 35.5. The summed E-state index contributed by atoms with van der Waals surface area (Å²) < 4.78 is 1.62. The topological polar surface area (TPSA) is 59.3 Å². The van der Waals surface area contributed by atoms with Crippen LogP contribution in [0.5, 0.6) is 0 Å². The molecule has 5 nitrogen and oxygen atoms in total. The minimum absolute atomic E-state index is 0.116. The van der Waals surface area contributed by atoms with E-state index in [1.54, 1.807) is 22.9 Å². The highest BCUT2D eigenvalue weighted by molar-refractivity contribution is 6.36. The van der Waals surface area contributed by atoms with E-state index in [0.29, 0.717) is 15.6 Å². The number of amides is 1. The van der Waals surface area contributed by atoms with Crippen LogP contribution in [0.15, 0.2) is 29.4 Å². The van der Waals surface area contributed by atoms with Gasteiger partial charge in [0.05, 0.1) is 16.9 Å². The molecule has 0 saturated carbocycles. The van der Waals surface area contributed by atoms with Crippen LogP contribution in [0.4, 0.5) is 0 Å². The van der Waals surface area contributed by atoms with Crippen molar-refractivity contribution in [3.63, 3.8) is 0 Å². The van der Waals surface area contributed by atoms with Gasteiger partial charge in [0, 0.05) is 16.3 Å². The second-order valence-corrected chi connectivity index (χ2v) is 5.39. The van der Waals surface area contributed by atoms with Crippen molar-refractivity contribution in [2.45, 2.75) is 20.4 Å². The Morgan fingerprint density at radius 2 is 2.14 bits per heavy atom. The molecule has 1 heterocycles. The van der Waals surface area contributed by atoms with Gasteiger partial charge in [-0.2, -0.15) is 10.2 Å². The molecule has 0 saturated heterocycles. The molecule has 1 N–H and O–H groups in total. The maximum absolute atomic E-state index is 11.8. The Bertz CT molecular complexity index is 694. The zero-order chi connectivity index (χ0) is 15.4. The van der Waals surface area contributed by atoms with E-state index in [1.807, 2.05) is 19.9 Å². The van der Waals surface area contributed by atoms with Crippen LogP contribution in [0.3, 0.4) is 0 Å². The summed E-state index contributed by atoms with van der Waals surface area (Å²) in [4.78, 5) is 11.8. The maximum Gasteiger partial charge on any atom is 0.261 e. The number of rotatable bonds is 4. The van der Waals surface area contributed by atoms with Crippen molar-refractivity contribution in [3.05, 3.63) is 51.3 Å². The molecule has 0 aliphatic heterocycles. The van der Waals surface area contributed by atoms with Crippen LogP contribution in [0, 0.1) is 13.8 Å². The lowest BCUT2D eigenvalue weighted by molar-refractivity contribution is -0.121. The van der Waals surface area contributed by atoms with Gasteiger partial charge in [0.1, 0.15) is 6.54 Å². The third kappa shape index (κ3) is 4.31. The molecule has 21 heavy (non-hydrogen) atoms. The second kappa shape index (κ2) is 6.74. The van der Waals surface area contributed by atoms with Gasteiger partial charge in [0.2, 0.25) is 0 Å². The van der Waals surface area contributed by atoms with Crippen molar-refractivity contribution < 1.29 is 4.79 Å². The van der Waals surface area contributed by atoms with Crippen LogP contribution in [0.25, 0.3) is 0 Å². The first-order valence-corrected chi connectivity index (χ1v) is 6.99. The molecule has 0 aliphatic carbocycles. The molecule has 7 heteroatoms. The summed E-state index contributed by atoms with van der Waals surface area (Å²) in [6.45, 7) is 3.89. The lowest BCUT2D eigenvalue weighted by atomic mass is 10.2. The number of aromatic nitrogens is 2. The summed E-state index contributed by atoms with van der Waals surface area (Å²) in [6, 6.07) is 6.94. The van der Waals surface area contributed by atoms with Gasteiger partial charge in [-0.25, -0.2) is 5.43 Å². The Morgan fingerprint density at radius 3 is 2.76 bits per heavy atom. The van der Waals surface area contributed by atoms with E-state index in [1.165, 1.54) is 6.21 Å². The summed E-state index contributed by atoms with van der Waals surface area (Å²) in [5.41, 5.74) is 4.91. The quantitative estimate of drug-likeness (QED) is 0.694. The van der Waals surface area contributed by atoms with E-state index in [2.05, 4.69) is 15.6 Å². The van der Waals surface area contributed by atoms with E-state index in [9.17, 15) is 4.79 Å². The standard InChI is InChI=1S/C14H14Cl2N4O/c1-9-5-10(2)20(19-9)8-14(21)18-17-7-11-3-4-12(15)6-13(11)16/h3-7H,8H2,1-2H3,(H,18,21)/b17-7-. The number of hydrazone groups is 1. The van der Waals surface area contributed by atoms with Crippen molar-refractivity contribution in [2.75, 3.05) is 0 Å².